The lowest BCUT2D eigenvalue weighted by molar-refractivity contribution is -0.132. The number of hydrogen-bond acceptors (Lipinski definition) is 4. The Bertz CT molecular complexity index is 337. The lowest BCUT2D eigenvalue weighted by Gasteiger charge is -2.32. The fraction of sp³-hybridized carbons (Fsp3) is 0.938. The van der Waals surface area contributed by atoms with E-state index >= 15 is 0 Å². The molecule has 3 saturated heterocycles. The van der Waals surface area contributed by atoms with Crippen molar-refractivity contribution in [3.63, 3.8) is 0 Å². The molecule has 1 amide bonds. The molecule has 5 heteroatoms. The summed E-state index contributed by atoms with van der Waals surface area (Å²) in [6.07, 6.45) is 6.15. The minimum Gasteiger partial charge on any atom is -0.340 e. The smallest absolute Gasteiger partial charge is 0.223 e. The zero-order valence-corrected chi connectivity index (χ0v) is 13.2. The average Bonchev–Trinajstić information content (AvgIpc) is 3.03. The Kier molecular flexibility index (Phi) is 5.49. The predicted octanol–water partition coefficient (Wildman–Crippen LogP) is 0.369. The number of piperazine rings is 1. The summed E-state index contributed by atoms with van der Waals surface area (Å²) in [5, 5.41) is 3.30. The van der Waals surface area contributed by atoms with E-state index in [4.69, 9.17) is 0 Å². The minimum atomic E-state index is 0.345. The Labute approximate surface area is 128 Å². The fourth-order valence-corrected chi connectivity index (χ4v) is 3.92. The molecule has 0 aromatic carbocycles. The number of piperidine rings is 1. The van der Waals surface area contributed by atoms with E-state index in [0.29, 0.717) is 12.3 Å². The molecule has 0 saturated carbocycles. The van der Waals surface area contributed by atoms with Crippen molar-refractivity contribution in [1.29, 1.82) is 0 Å². The number of amides is 1. The molecule has 1 unspecified atom stereocenters. The molecule has 3 fully saturated rings. The van der Waals surface area contributed by atoms with Gasteiger partial charge in [0.05, 0.1) is 0 Å². The van der Waals surface area contributed by atoms with E-state index in [1.54, 1.807) is 0 Å². The maximum absolute atomic E-state index is 12.2. The minimum absolute atomic E-state index is 0.345. The second-order valence-corrected chi connectivity index (χ2v) is 6.72. The summed E-state index contributed by atoms with van der Waals surface area (Å²) in [7, 11) is 0. The van der Waals surface area contributed by atoms with Crippen LogP contribution in [-0.4, -0.2) is 85.6 Å². The maximum atomic E-state index is 12.2. The van der Waals surface area contributed by atoms with Crippen LogP contribution in [-0.2, 0) is 4.79 Å². The first-order valence-corrected chi connectivity index (χ1v) is 8.78. The average molecular weight is 294 g/mol. The third-order valence-electron chi connectivity index (χ3n) is 5.27. The molecule has 0 spiro atoms. The monoisotopic (exact) mass is 294 g/mol. The second kappa shape index (κ2) is 7.56. The summed E-state index contributed by atoms with van der Waals surface area (Å²) in [6.45, 7) is 9.55. The van der Waals surface area contributed by atoms with E-state index in [-0.39, 0.29) is 0 Å². The van der Waals surface area contributed by atoms with Gasteiger partial charge in [0.1, 0.15) is 0 Å². The van der Waals surface area contributed by atoms with E-state index < -0.39 is 0 Å². The largest absolute Gasteiger partial charge is 0.340 e. The lowest BCUT2D eigenvalue weighted by atomic mass is 10.1. The SMILES string of the molecule is O=C(CCN1CCC(N2CCCCC2)C1)N1CCNCC1. The van der Waals surface area contributed by atoms with Crippen molar-refractivity contribution >= 4 is 5.91 Å². The van der Waals surface area contributed by atoms with E-state index in [1.807, 2.05) is 4.90 Å². The summed E-state index contributed by atoms with van der Waals surface area (Å²) in [4.78, 5) is 19.4. The molecule has 5 nitrogen and oxygen atoms in total. The van der Waals surface area contributed by atoms with Gasteiger partial charge in [0.25, 0.3) is 0 Å². The number of nitrogens with zero attached hydrogens (tertiary/aromatic N) is 3. The van der Waals surface area contributed by atoms with Crippen LogP contribution in [0.3, 0.4) is 0 Å². The molecule has 1 N–H and O–H groups in total. The number of carbonyl (C=O) groups excluding carboxylic acids is 1. The molecule has 1 atom stereocenters. The third kappa shape index (κ3) is 4.18. The van der Waals surface area contributed by atoms with Gasteiger partial charge in [-0.25, -0.2) is 0 Å². The van der Waals surface area contributed by atoms with E-state index in [0.717, 1.165) is 38.8 Å². The van der Waals surface area contributed by atoms with E-state index in [9.17, 15) is 4.79 Å². The third-order valence-corrected chi connectivity index (χ3v) is 5.27. The molecule has 0 aromatic rings. The van der Waals surface area contributed by atoms with Crippen molar-refractivity contribution < 1.29 is 4.79 Å². The van der Waals surface area contributed by atoms with Gasteiger partial charge in [-0.15, -0.1) is 0 Å². The molecular formula is C16H30N4O. The van der Waals surface area contributed by atoms with Gasteiger partial charge in [-0.05, 0) is 38.9 Å². The van der Waals surface area contributed by atoms with Crippen LogP contribution in [0.25, 0.3) is 0 Å². The Morgan fingerprint density at radius 2 is 1.76 bits per heavy atom. The second-order valence-electron chi connectivity index (χ2n) is 6.72. The van der Waals surface area contributed by atoms with Crippen molar-refractivity contribution in [2.24, 2.45) is 0 Å². The van der Waals surface area contributed by atoms with E-state index in [1.165, 1.54) is 51.9 Å². The van der Waals surface area contributed by atoms with Crippen LogP contribution < -0.4 is 5.32 Å². The normalized spacial score (nSPS) is 29.0. The summed E-state index contributed by atoms with van der Waals surface area (Å²) >= 11 is 0. The highest BCUT2D eigenvalue weighted by Gasteiger charge is 2.28. The number of likely N-dealkylation sites (tertiary alicyclic amines) is 2. The molecule has 0 aromatic heterocycles. The summed E-state index contributed by atoms with van der Waals surface area (Å²) < 4.78 is 0. The van der Waals surface area contributed by atoms with Crippen molar-refractivity contribution in [2.75, 3.05) is 58.9 Å². The van der Waals surface area contributed by atoms with Crippen LogP contribution in [0.4, 0.5) is 0 Å². The Morgan fingerprint density at radius 3 is 2.52 bits per heavy atom. The highest BCUT2D eigenvalue weighted by Crippen LogP contribution is 2.20. The molecule has 3 heterocycles. The Hall–Kier alpha value is -0.650. The van der Waals surface area contributed by atoms with Crippen molar-refractivity contribution in [3.05, 3.63) is 0 Å². The number of hydrogen-bond donors (Lipinski definition) is 1. The number of nitrogens with one attached hydrogen (secondary N) is 1. The quantitative estimate of drug-likeness (QED) is 0.813. The Balaban J connectivity index is 1.37. The van der Waals surface area contributed by atoms with Crippen molar-refractivity contribution in [1.82, 2.24) is 20.0 Å². The summed E-state index contributed by atoms with van der Waals surface area (Å²) in [6, 6.07) is 0.750. The first kappa shape index (κ1) is 15.3. The fourth-order valence-electron chi connectivity index (χ4n) is 3.92. The molecule has 3 rings (SSSR count). The van der Waals surface area contributed by atoms with Gasteiger partial charge < -0.3 is 15.1 Å². The lowest BCUT2D eigenvalue weighted by Crippen LogP contribution is -2.47. The highest BCUT2D eigenvalue weighted by atomic mass is 16.2. The van der Waals surface area contributed by atoms with Crippen LogP contribution in [0.15, 0.2) is 0 Å². The van der Waals surface area contributed by atoms with Gasteiger partial charge in [0, 0.05) is 51.7 Å². The van der Waals surface area contributed by atoms with Crippen LogP contribution in [0.2, 0.25) is 0 Å². The molecule has 3 aliphatic heterocycles. The Morgan fingerprint density at radius 1 is 1.00 bits per heavy atom. The summed E-state index contributed by atoms with van der Waals surface area (Å²) in [5.74, 6) is 0.345. The highest BCUT2D eigenvalue weighted by molar-refractivity contribution is 5.76. The van der Waals surface area contributed by atoms with Gasteiger partial charge in [-0.2, -0.15) is 0 Å². The zero-order valence-electron chi connectivity index (χ0n) is 13.2. The van der Waals surface area contributed by atoms with Crippen LogP contribution >= 0.6 is 0 Å². The van der Waals surface area contributed by atoms with Crippen molar-refractivity contribution in [2.45, 2.75) is 38.1 Å². The van der Waals surface area contributed by atoms with Gasteiger partial charge >= 0.3 is 0 Å². The summed E-state index contributed by atoms with van der Waals surface area (Å²) in [5.41, 5.74) is 0. The van der Waals surface area contributed by atoms with Gasteiger partial charge in [0.15, 0.2) is 0 Å². The first-order valence-electron chi connectivity index (χ1n) is 8.78. The van der Waals surface area contributed by atoms with Crippen LogP contribution in [0.1, 0.15) is 32.1 Å². The molecule has 21 heavy (non-hydrogen) atoms. The topological polar surface area (TPSA) is 38.8 Å². The number of carbonyl (C=O) groups is 1. The standard InChI is InChI=1S/C16H30N4O/c21-16(20-12-6-17-7-13-20)5-11-18-10-4-15(14-18)19-8-2-1-3-9-19/h15,17H,1-14H2. The van der Waals surface area contributed by atoms with Gasteiger partial charge in [0.2, 0.25) is 5.91 Å². The molecule has 120 valence electrons. The zero-order chi connectivity index (χ0) is 14.5. The predicted molar refractivity (Wildman–Crippen MR) is 84.3 cm³/mol. The van der Waals surface area contributed by atoms with Gasteiger partial charge in [-0.1, -0.05) is 6.42 Å². The molecule has 0 radical (unpaired) electrons. The molecule has 0 aliphatic carbocycles. The van der Waals surface area contributed by atoms with E-state index in [2.05, 4.69) is 15.1 Å². The van der Waals surface area contributed by atoms with Crippen LogP contribution in [0, 0.1) is 0 Å². The first-order chi connectivity index (χ1) is 10.3. The number of rotatable bonds is 4. The molecule has 3 aliphatic rings. The maximum Gasteiger partial charge on any atom is 0.223 e. The van der Waals surface area contributed by atoms with Gasteiger partial charge in [-0.3, -0.25) is 9.69 Å². The van der Waals surface area contributed by atoms with Crippen molar-refractivity contribution in [3.8, 4) is 0 Å². The van der Waals surface area contributed by atoms with Crippen LogP contribution in [0.5, 0.6) is 0 Å². The molecular weight excluding hydrogens is 264 g/mol. The molecule has 0 bridgehead atoms.